The fraction of sp³-hybridized carbons (Fsp3) is 0.190. The van der Waals surface area contributed by atoms with Crippen LogP contribution in [-0.4, -0.2) is 15.0 Å². The van der Waals surface area contributed by atoms with Crippen LogP contribution in [0.2, 0.25) is 5.02 Å². The van der Waals surface area contributed by atoms with E-state index < -0.39 is 0 Å². The molecule has 0 unspecified atom stereocenters. The Bertz CT molecular complexity index is 1070. The van der Waals surface area contributed by atoms with E-state index in [4.69, 9.17) is 11.6 Å². The molecule has 0 amide bonds. The molecule has 0 aliphatic heterocycles. The Hall–Kier alpha value is -2.28. The average Bonchev–Trinajstić information content (AvgIpc) is 3.28. The van der Waals surface area contributed by atoms with E-state index in [1.807, 2.05) is 38.2 Å². The summed E-state index contributed by atoms with van der Waals surface area (Å²) in [5.41, 5.74) is 4.48. The van der Waals surface area contributed by atoms with Crippen LogP contribution in [0.25, 0.3) is 10.6 Å². The molecule has 3 aromatic heterocycles. The Morgan fingerprint density at radius 3 is 2.39 bits per heavy atom. The fourth-order valence-electron chi connectivity index (χ4n) is 2.90. The van der Waals surface area contributed by atoms with Gasteiger partial charge in [0.25, 0.3) is 0 Å². The van der Waals surface area contributed by atoms with Crippen molar-refractivity contribution in [1.82, 2.24) is 15.0 Å². The van der Waals surface area contributed by atoms with Gasteiger partial charge in [-0.3, -0.25) is 0 Å². The van der Waals surface area contributed by atoms with Crippen molar-refractivity contribution >= 4 is 45.2 Å². The Morgan fingerprint density at radius 1 is 0.964 bits per heavy atom. The van der Waals surface area contributed by atoms with Crippen molar-refractivity contribution in [2.24, 2.45) is 0 Å². The molecule has 0 atom stereocenters. The molecule has 0 bridgehead atoms. The van der Waals surface area contributed by atoms with Crippen molar-refractivity contribution in [2.75, 3.05) is 5.32 Å². The Labute approximate surface area is 177 Å². The van der Waals surface area contributed by atoms with E-state index in [9.17, 15) is 0 Å². The third-order valence-electron chi connectivity index (χ3n) is 4.32. The molecule has 1 aromatic carbocycles. The fourth-order valence-corrected chi connectivity index (χ4v) is 4.69. The van der Waals surface area contributed by atoms with Gasteiger partial charge in [-0.25, -0.2) is 15.0 Å². The minimum Gasteiger partial charge on any atom is -0.316 e. The first kappa shape index (κ1) is 19.1. The van der Waals surface area contributed by atoms with E-state index in [0.29, 0.717) is 0 Å². The standard InChI is InChI=1S/C21H19ClN4S2/c1-13-20(28-14(2)24-13)18-12-27-21(25-18)26-19-10-7-16(11-23-19)4-3-15-5-8-17(22)9-6-15/h5-12H,3-4H2,1-2H3,(H,23,25,26). The molecule has 0 fully saturated rings. The normalized spacial score (nSPS) is 11.0. The van der Waals surface area contributed by atoms with Crippen LogP contribution in [0.4, 0.5) is 10.9 Å². The molecule has 7 heteroatoms. The van der Waals surface area contributed by atoms with Gasteiger partial charge < -0.3 is 5.32 Å². The smallest absolute Gasteiger partial charge is 0.188 e. The van der Waals surface area contributed by atoms with Crippen LogP contribution in [0.1, 0.15) is 21.8 Å². The number of rotatable bonds is 6. The van der Waals surface area contributed by atoms with Gasteiger partial charge in [-0.2, -0.15) is 0 Å². The molecular weight excluding hydrogens is 408 g/mol. The number of halogens is 1. The highest BCUT2D eigenvalue weighted by molar-refractivity contribution is 7.16. The van der Waals surface area contributed by atoms with Gasteiger partial charge in [-0.05, 0) is 56.0 Å². The van der Waals surface area contributed by atoms with Crippen molar-refractivity contribution in [3.05, 3.63) is 74.8 Å². The van der Waals surface area contributed by atoms with Gasteiger partial charge >= 0.3 is 0 Å². The first-order valence-electron chi connectivity index (χ1n) is 8.93. The molecule has 0 aliphatic rings. The number of benzene rings is 1. The number of pyridine rings is 1. The third-order valence-corrected chi connectivity index (χ3v) is 6.42. The summed E-state index contributed by atoms with van der Waals surface area (Å²) >= 11 is 9.19. The molecule has 1 N–H and O–H groups in total. The number of anilines is 2. The first-order chi connectivity index (χ1) is 13.6. The molecule has 0 saturated carbocycles. The van der Waals surface area contributed by atoms with Gasteiger partial charge in [-0.15, -0.1) is 22.7 Å². The lowest BCUT2D eigenvalue weighted by Gasteiger charge is -2.05. The van der Waals surface area contributed by atoms with Crippen molar-refractivity contribution in [3.8, 4) is 10.6 Å². The molecule has 0 aliphatic carbocycles. The van der Waals surface area contributed by atoms with Crippen LogP contribution in [0.5, 0.6) is 0 Å². The lowest BCUT2D eigenvalue weighted by atomic mass is 10.1. The molecule has 28 heavy (non-hydrogen) atoms. The Morgan fingerprint density at radius 2 is 1.71 bits per heavy atom. The molecule has 4 rings (SSSR count). The lowest BCUT2D eigenvalue weighted by Crippen LogP contribution is -1.96. The molecule has 3 heterocycles. The highest BCUT2D eigenvalue weighted by Gasteiger charge is 2.11. The van der Waals surface area contributed by atoms with Gasteiger partial charge in [0, 0.05) is 16.6 Å². The first-order valence-corrected chi connectivity index (χ1v) is 11.0. The second kappa shape index (κ2) is 8.39. The number of nitrogens with zero attached hydrogens (tertiary/aromatic N) is 3. The van der Waals surface area contributed by atoms with Crippen molar-refractivity contribution in [1.29, 1.82) is 0 Å². The number of hydrogen-bond donors (Lipinski definition) is 1. The van der Waals surface area contributed by atoms with Gasteiger partial charge in [0.15, 0.2) is 5.13 Å². The van der Waals surface area contributed by atoms with E-state index in [1.54, 1.807) is 22.7 Å². The van der Waals surface area contributed by atoms with Crippen LogP contribution in [-0.2, 0) is 12.8 Å². The average molecular weight is 427 g/mol. The molecular formula is C21H19ClN4S2. The van der Waals surface area contributed by atoms with Gasteiger partial charge in [0.1, 0.15) is 5.82 Å². The lowest BCUT2D eigenvalue weighted by molar-refractivity contribution is 0.950. The Balaban J connectivity index is 1.38. The maximum atomic E-state index is 5.93. The second-order valence-corrected chi connectivity index (χ2v) is 8.99. The summed E-state index contributed by atoms with van der Waals surface area (Å²) in [6, 6.07) is 12.1. The monoisotopic (exact) mass is 426 g/mol. The van der Waals surface area contributed by atoms with Crippen molar-refractivity contribution in [2.45, 2.75) is 26.7 Å². The summed E-state index contributed by atoms with van der Waals surface area (Å²) in [7, 11) is 0. The van der Waals surface area contributed by atoms with E-state index in [-0.39, 0.29) is 0 Å². The number of hydrogen-bond acceptors (Lipinski definition) is 6. The summed E-state index contributed by atoms with van der Waals surface area (Å²) in [6.45, 7) is 4.04. The minimum atomic E-state index is 0.770. The summed E-state index contributed by atoms with van der Waals surface area (Å²) < 4.78 is 0. The number of thiazole rings is 2. The Kier molecular flexibility index (Phi) is 5.71. The molecule has 4 nitrogen and oxygen atoms in total. The number of aromatic nitrogens is 3. The molecule has 0 spiro atoms. The molecule has 142 valence electrons. The van der Waals surface area contributed by atoms with Crippen LogP contribution in [0.3, 0.4) is 0 Å². The maximum Gasteiger partial charge on any atom is 0.188 e. The zero-order chi connectivity index (χ0) is 19.5. The van der Waals surface area contributed by atoms with Crippen LogP contribution < -0.4 is 5.32 Å². The van der Waals surface area contributed by atoms with E-state index in [2.05, 4.69) is 43.8 Å². The highest BCUT2D eigenvalue weighted by atomic mass is 35.5. The van der Waals surface area contributed by atoms with Crippen LogP contribution >= 0.6 is 34.3 Å². The maximum absolute atomic E-state index is 5.93. The summed E-state index contributed by atoms with van der Waals surface area (Å²) in [5.74, 6) is 0.799. The molecule has 0 saturated heterocycles. The van der Waals surface area contributed by atoms with Crippen LogP contribution in [0.15, 0.2) is 48.0 Å². The summed E-state index contributed by atoms with van der Waals surface area (Å²) in [6.07, 6.45) is 3.83. The van der Waals surface area contributed by atoms with E-state index in [1.165, 1.54) is 11.1 Å². The zero-order valence-corrected chi connectivity index (χ0v) is 18.0. The van der Waals surface area contributed by atoms with Crippen LogP contribution in [0, 0.1) is 13.8 Å². The van der Waals surface area contributed by atoms with Gasteiger partial charge in [0.05, 0.1) is 21.3 Å². The molecule has 4 aromatic rings. The van der Waals surface area contributed by atoms with Crippen molar-refractivity contribution < 1.29 is 0 Å². The quantitative estimate of drug-likeness (QED) is 0.384. The summed E-state index contributed by atoms with van der Waals surface area (Å²) in [4.78, 5) is 14.8. The third kappa shape index (κ3) is 4.58. The van der Waals surface area contributed by atoms with Crippen molar-refractivity contribution in [3.63, 3.8) is 0 Å². The minimum absolute atomic E-state index is 0.770. The second-order valence-electron chi connectivity index (χ2n) is 6.49. The van der Waals surface area contributed by atoms with E-state index >= 15 is 0 Å². The molecule has 0 radical (unpaired) electrons. The summed E-state index contributed by atoms with van der Waals surface area (Å²) in [5, 5.41) is 8.02. The van der Waals surface area contributed by atoms with Gasteiger partial charge in [-0.1, -0.05) is 29.8 Å². The highest BCUT2D eigenvalue weighted by Crippen LogP contribution is 2.32. The number of aryl methyl sites for hydroxylation is 4. The largest absolute Gasteiger partial charge is 0.316 e. The topological polar surface area (TPSA) is 50.7 Å². The number of nitrogens with one attached hydrogen (secondary N) is 1. The predicted molar refractivity (Wildman–Crippen MR) is 119 cm³/mol. The van der Waals surface area contributed by atoms with E-state index in [0.717, 1.165) is 50.1 Å². The predicted octanol–water partition coefficient (Wildman–Crippen LogP) is 6.46. The SMILES string of the molecule is Cc1nc(C)c(-c2csc(Nc3ccc(CCc4ccc(Cl)cc4)cn3)n2)s1. The zero-order valence-electron chi connectivity index (χ0n) is 15.6. The van der Waals surface area contributed by atoms with Gasteiger partial charge in [0.2, 0.25) is 0 Å².